The van der Waals surface area contributed by atoms with Crippen LogP contribution in [0.4, 0.5) is 5.69 Å². The predicted molar refractivity (Wildman–Crippen MR) is 80.9 cm³/mol. The van der Waals surface area contributed by atoms with E-state index in [0.717, 1.165) is 17.7 Å². The number of amides is 1. The zero-order chi connectivity index (χ0) is 15.4. The maximum atomic E-state index is 12.5. The fraction of sp³-hybridized carbons (Fsp3) is 0.500. The molecule has 1 aliphatic rings. The van der Waals surface area contributed by atoms with Crippen LogP contribution in [0, 0.1) is 11.8 Å². The summed E-state index contributed by atoms with van der Waals surface area (Å²) in [5, 5.41) is 3.30. The second-order valence-electron chi connectivity index (χ2n) is 5.58. The van der Waals surface area contributed by atoms with Gasteiger partial charge in [0, 0.05) is 25.8 Å². The molecule has 21 heavy (non-hydrogen) atoms. The quantitative estimate of drug-likeness (QED) is 0.855. The Morgan fingerprint density at radius 2 is 2.14 bits per heavy atom. The number of nitrogens with zero attached hydrogens (tertiary/aromatic N) is 1. The minimum Gasteiger partial charge on any atom is -0.469 e. The van der Waals surface area contributed by atoms with E-state index in [-0.39, 0.29) is 23.7 Å². The van der Waals surface area contributed by atoms with Gasteiger partial charge in [-0.3, -0.25) is 9.59 Å². The second-order valence-corrected chi connectivity index (χ2v) is 5.58. The molecule has 0 saturated carbocycles. The fourth-order valence-corrected chi connectivity index (χ4v) is 2.70. The smallest absolute Gasteiger partial charge is 0.310 e. The maximum absolute atomic E-state index is 12.5. The maximum Gasteiger partial charge on any atom is 0.310 e. The number of fused-ring (bicyclic) bond motifs is 1. The van der Waals surface area contributed by atoms with Gasteiger partial charge in [0.2, 0.25) is 5.91 Å². The Balaban J connectivity index is 1.96. The molecule has 0 aliphatic carbocycles. The number of nitrogens with one attached hydrogen (secondary N) is 1. The van der Waals surface area contributed by atoms with E-state index in [1.165, 1.54) is 7.11 Å². The van der Waals surface area contributed by atoms with Gasteiger partial charge in [-0.2, -0.15) is 0 Å². The molecule has 1 aromatic carbocycles. The number of anilines is 1. The van der Waals surface area contributed by atoms with Crippen molar-refractivity contribution in [1.82, 2.24) is 4.90 Å². The van der Waals surface area contributed by atoms with E-state index >= 15 is 0 Å². The van der Waals surface area contributed by atoms with Crippen LogP contribution in [0.2, 0.25) is 0 Å². The molecule has 0 radical (unpaired) electrons. The van der Waals surface area contributed by atoms with E-state index in [2.05, 4.69) is 5.32 Å². The molecule has 0 fully saturated rings. The topological polar surface area (TPSA) is 58.6 Å². The molecule has 114 valence electrons. The molecule has 5 nitrogen and oxygen atoms in total. The lowest BCUT2D eigenvalue weighted by Crippen LogP contribution is -2.42. The van der Waals surface area contributed by atoms with Crippen molar-refractivity contribution in [2.75, 3.05) is 32.6 Å². The lowest BCUT2D eigenvalue weighted by Gasteiger charge is -2.29. The predicted octanol–water partition coefficient (Wildman–Crippen LogP) is 1.54. The first-order valence-corrected chi connectivity index (χ1v) is 7.17. The summed E-state index contributed by atoms with van der Waals surface area (Å²) in [6.07, 6.45) is 0.735. The lowest BCUT2D eigenvalue weighted by molar-refractivity contribution is -0.146. The lowest BCUT2D eigenvalue weighted by atomic mass is 9.93. The standard InChI is InChI=1S/C16H22N2O3/c1-11(16(20)21-3)10-18(2)15(19)13-8-12-6-4-5-7-14(12)17-9-13/h4-7,11,13,17H,8-10H2,1-3H3. The molecule has 1 aliphatic heterocycles. The number of esters is 1. The van der Waals surface area contributed by atoms with Gasteiger partial charge in [-0.05, 0) is 18.1 Å². The summed E-state index contributed by atoms with van der Waals surface area (Å²) >= 11 is 0. The summed E-state index contributed by atoms with van der Waals surface area (Å²) in [6.45, 7) is 2.78. The molecule has 1 amide bonds. The van der Waals surface area contributed by atoms with Crippen molar-refractivity contribution in [3.63, 3.8) is 0 Å². The third-order valence-corrected chi connectivity index (χ3v) is 3.90. The number of methoxy groups -OCH3 is 1. The molecule has 0 spiro atoms. The van der Waals surface area contributed by atoms with E-state index < -0.39 is 0 Å². The number of para-hydroxylation sites is 1. The summed E-state index contributed by atoms with van der Waals surface area (Å²) in [5.41, 5.74) is 2.27. The Hall–Kier alpha value is -2.04. The number of carbonyl (C=O) groups is 2. The van der Waals surface area contributed by atoms with Crippen LogP contribution in [0.25, 0.3) is 0 Å². The van der Waals surface area contributed by atoms with Crippen molar-refractivity contribution in [2.24, 2.45) is 11.8 Å². The van der Waals surface area contributed by atoms with E-state index in [4.69, 9.17) is 4.74 Å². The molecule has 5 heteroatoms. The van der Waals surface area contributed by atoms with Gasteiger partial charge >= 0.3 is 5.97 Å². The zero-order valence-electron chi connectivity index (χ0n) is 12.8. The molecule has 1 heterocycles. The van der Waals surface area contributed by atoms with Gasteiger partial charge in [-0.15, -0.1) is 0 Å². The van der Waals surface area contributed by atoms with Crippen molar-refractivity contribution in [3.05, 3.63) is 29.8 Å². The van der Waals surface area contributed by atoms with Crippen LogP contribution < -0.4 is 5.32 Å². The molecule has 2 rings (SSSR count). The van der Waals surface area contributed by atoms with Crippen molar-refractivity contribution < 1.29 is 14.3 Å². The van der Waals surface area contributed by atoms with Crippen LogP contribution in [-0.2, 0) is 20.7 Å². The average molecular weight is 290 g/mol. The molecule has 0 bridgehead atoms. The highest BCUT2D eigenvalue weighted by Gasteiger charge is 2.28. The SMILES string of the molecule is COC(=O)C(C)CN(C)C(=O)C1CNc2ccccc2C1. The molecular formula is C16H22N2O3. The number of benzene rings is 1. The van der Waals surface area contributed by atoms with Crippen LogP contribution in [0.3, 0.4) is 0 Å². The number of ether oxygens (including phenoxy) is 1. The first-order chi connectivity index (χ1) is 10.0. The van der Waals surface area contributed by atoms with Gasteiger partial charge in [-0.1, -0.05) is 25.1 Å². The summed E-state index contributed by atoms with van der Waals surface area (Å²) < 4.78 is 4.70. The van der Waals surface area contributed by atoms with Crippen LogP contribution in [-0.4, -0.2) is 44.0 Å². The molecule has 0 saturated heterocycles. The molecule has 2 atom stereocenters. The number of hydrogen-bond acceptors (Lipinski definition) is 4. The Kier molecular flexibility index (Phi) is 4.83. The number of hydrogen-bond donors (Lipinski definition) is 1. The van der Waals surface area contributed by atoms with Crippen molar-refractivity contribution in [2.45, 2.75) is 13.3 Å². The largest absolute Gasteiger partial charge is 0.469 e. The first kappa shape index (κ1) is 15.4. The monoisotopic (exact) mass is 290 g/mol. The van der Waals surface area contributed by atoms with Gasteiger partial charge in [-0.25, -0.2) is 0 Å². The molecule has 2 unspecified atom stereocenters. The Morgan fingerprint density at radius 1 is 1.43 bits per heavy atom. The summed E-state index contributed by atoms with van der Waals surface area (Å²) in [5.74, 6) is -0.628. The summed E-state index contributed by atoms with van der Waals surface area (Å²) in [7, 11) is 3.10. The van der Waals surface area contributed by atoms with Gasteiger partial charge in [0.05, 0.1) is 18.9 Å². The van der Waals surface area contributed by atoms with Crippen LogP contribution in [0.15, 0.2) is 24.3 Å². The highest BCUT2D eigenvalue weighted by molar-refractivity contribution is 5.81. The van der Waals surface area contributed by atoms with Crippen molar-refractivity contribution >= 4 is 17.6 Å². The molecule has 0 aromatic heterocycles. The Morgan fingerprint density at radius 3 is 2.86 bits per heavy atom. The molecule has 1 aromatic rings. The molecule has 1 N–H and O–H groups in total. The van der Waals surface area contributed by atoms with E-state index in [1.807, 2.05) is 24.3 Å². The third kappa shape index (κ3) is 3.54. The van der Waals surface area contributed by atoms with Crippen LogP contribution >= 0.6 is 0 Å². The average Bonchev–Trinajstić information content (AvgIpc) is 2.52. The summed E-state index contributed by atoms with van der Waals surface area (Å²) in [4.78, 5) is 25.6. The van der Waals surface area contributed by atoms with Crippen molar-refractivity contribution in [3.8, 4) is 0 Å². The van der Waals surface area contributed by atoms with Gasteiger partial charge in [0.15, 0.2) is 0 Å². The zero-order valence-corrected chi connectivity index (χ0v) is 12.8. The van der Waals surface area contributed by atoms with E-state index in [0.29, 0.717) is 13.1 Å². The van der Waals surface area contributed by atoms with Crippen LogP contribution in [0.5, 0.6) is 0 Å². The number of carbonyl (C=O) groups excluding carboxylic acids is 2. The first-order valence-electron chi connectivity index (χ1n) is 7.17. The van der Waals surface area contributed by atoms with Crippen LogP contribution in [0.1, 0.15) is 12.5 Å². The highest BCUT2D eigenvalue weighted by Crippen LogP contribution is 2.25. The number of rotatable bonds is 4. The third-order valence-electron chi connectivity index (χ3n) is 3.90. The van der Waals surface area contributed by atoms with Crippen molar-refractivity contribution in [1.29, 1.82) is 0 Å². The van der Waals surface area contributed by atoms with E-state index in [9.17, 15) is 9.59 Å². The fourth-order valence-electron chi connectivity index (χ4n) is 2.70. The van der Waals surface area contributed by atoms with Gasteiger partial charge < -0.3 is 15.0 Å². The van der Waals surface area contributed by atoms with Gasteiger partial charge in [0.25, 0.3) is 0 Å². The Bertz CT molecular complexity index is 530. The highest BCUT2D eigenvalue weighted by atomic mass is 16.5. The second kappa shape index (κ2) is 6.61. The van der Waals surface area contributed by atoms with Gasteiger partial charge in [0.1, 0.15) is 0 Å². The minimum atomic E-state index is -0.312. The Labute approximate surface area is 125 Å². The minimum absolute atomic E-state index is 0.0627. The van der Waals surface area contributed by atoms with E-state index in [1.54, 1.807) is 18.9 Å². The summed E-state index contributed by atoms with van der Waals surface area (Å²) in [6, 6.07) is 8.03. The molecular weight excluding hydrogens is 268 g/mol. The normalized spacial score (nSPS) is 18.1.